The first-order valence-electron chi connectivity index (χ1n) is 9.19. The molecule has 0 N–H and O–H groups in total. The van der Waals surface area contributed by atoms with Gasteiger partial charge in [-0.3, -0.25) is 0 Å². The minimum atomic E-state index is 0.0626. The molecule has 2 amide bonds. The van der Waals surface area contributed by atoms with Gasteiger partial charge >= 0.3 is 175 Å². The van der Waals surface area contributed by atoms with E-state index in [-0.39, 0.29) is 11.8 Å². The fourth-order valence-corrected chi connectivity index (χ4v) is 6.95. The van der Waals surface area contributed by atoms with E-state index in [1.165, 1.54) is 21.5 Å². The van der Waals surface area contributed by atoms with Gasteiger partial charge in [0.2, 0.25) is 0 Å². The number of carbonyl (C=O) groups excluding carboxylic acids is 2. The summed E-state index contributed by atoms with van der Waals surface area (Å²) in [6.45, 7) is 2.32. The molecule has 4 aromatic rings. The summed E-state index contributed by atoms with van der Waals surface area (Å²) in [5, 5.41) is 4.81. The van der Waals surface area contributed by atoms with Gasteiger partial charge in [0.1, 0.15) is 0 Å². The van der Waals surface area contributed by atoms with Gasteiger partial charge in [-0.1, -0.05) is 0 Å². The first-order valence-corrected chi connectivity index (χ1v) is 13.2. The molecule has 4 nitrogen and oxygen atoms in total. The standard InChI is InChI=1S/C22H18N2O2Se2/c25-21(15-1-3-17-11-27-13-19(17)9-15)23-5-7-24(8-6-23)22(26)16-2-4-18-12-28-14-20(18)10-16/h1-4,9-14H,5-8H2. The average Bonchev–Trinajstić information content (AvgIpc) is 3.40. The van der Waals surface area contributed by atoms with Crippen LogP contribution < -0.4 is 0 Å². The summed E-state index contributed by atoms with van der Waals surface area (Å²) in [6.07, 6.45) is 0. The van der Waals surface area contributed by atoms with Crippen LogP contribution in [-0.2, 0) is 0 Å². The Morgan fingerprint density at radius 1 is 0.607 bits per heavy atom. The van der Waals surface area contributed by atoms with E-state index in [1.807, 2.05) is 46.2 Å². The number of hydrogen-bond acceptors (Lipinski definition) is 2. The van der Waals surface area contributed by atoms with Gasteiger partial charge in [-0.25, -0.2) is 0 Å². The zero-order valence-corrected chi connectivity index (χ0v) is 18.6. The molecule has 3 heterocycles. The molecule has 2 aromatic heterocycles. The van der Waals surface area contributed by atoms with Crippen molar-refractivity contribution in [1.82, 2.24) is 9.80 Å². The Morgan fingerprint density at radius 3 is 1.43 bits per heavy atom. The molecule has 140 valence electrons. The van der Waals surface area contributed by atoms with E-state index in [0.29, 0.717) is 55.2 Å². The van der Waals surface area contributed by atoms with Gasteiger partial charge in [-0.2, -0.15) is 0 Å². The number of piperazine rings is 1. The zero-order valence-electron chi connectivity index (χ0n) is 15.1. The molecule has 0 atom stereocenters. The summed E-state index contributed by atoms with van der Waals surface area (Å²) in [5.74, 6) is 0.125. The second-order valence-corrected chi connectivity index (χ2v) is 10.1. The Labute approximate surface area is 174 Å². The summed E-state index contributed by atoms with van der Waals surface area (Å²) in [5.41, 5.74) is 1.49. The van der Waals surface area contributed by atoms with Crippen molar-refractivity contribution in [1.29, 1.82) is 0 Å². The minimum absolute atomic E-state index is 0.0626. The zero-order chi connectivity index (χ0) is 19.1. The van der Waals surface area contributed by atoms with E-state index in [1.54, 1.807) is 0 Å². The topological polar surface area (TPSA) is 40.6 Å². The molecule has 0 aliphatic carbocycles. The summed E-state index contributed by atoms with van der Waals surface area (Å²) in [6, 6.07) is 11.9. The molecule has 28 heavy (non-hydrogen) atoms. The molecule has 1 saturated heterocycles. The molecule has 5 rings (SSSR count). The Balaban J connectivity index is 1.27. The molecule has 0 spiro atoms. The number of hydrogen-bond donors (Lipinski definition) is 0. The van der Waals surface area contributed by atoms with Gasteiger partial charge < -0.3 is 0 Å². The molecule has 0 radical (unpaired) electrons. The molecule has 0 unspecified atom stereocenters. The second-order valence-electron chi connectivity index (χ2n) is 7.02. The molecule has 1 fully saturated rings. The van der Waals surface area contributed by atoms with E-state index in [2.05, 4.69) is 19.8 Å². The monoisotopic (exact) mass is 502 g/mol. The van der Waals surface area contributed by atoms with Crippen LogP contribution in [-0.4, -0.2) is 76.8 Å². The van der Waals surface area contributed by atoms with Crippen molar-refractivity contribution in [2.45, 2.75) is 0 Å². The number of benzene rings is 2. The van der Waals surface area contributed by atoms with Crippen molar-refractivity contribution in [2.24, 2.45) is 0 Å². The Bertz CT molecular complexity index is 1090. The molecular formula is C22H18N2O2Se2. The third-order valence-corrected chi connectivity index (χ3v) is 8.57. The van der Waals surface area contributed by atoms with Gasteiger partial charge in [0.15, 0.2) is 0 Å². The van der Waals surface area contributed by atoms with Crippen LogP contribution in [0, 0.1) is 0 Å². The van der Waals surface area contributed by atoms with Crippen LogP contribution in [0.25, 0.3) is 21.5 Å². The number of nitrogens with zero attached hydrogens (tertiary/aromatic N) is 2. The van der Waals surface area contributed by atoms with Crippen LogP contribution in [0.1, 0.15) is 20.7 Å². The molecular weight excluding hydrogens is 482 g/mol. The van der Waals surface area contributed by atoms with E-state index in [9.17, 15) is 9.59 Å². The van der Waals surface area contributed by atoms with Gasteiger partial charge in [-0.15, -0.1) is 0 Å². The van der Waals surface area contributed by atoms with Gasteiger partial charge in [0, 0.05) is 0 Å². The van der Waals surface area contributed by atoms with E-state index < -0.39 is 0 Å². The third kappa shape index (κ3) is 3.27. The van der Waals surface area contributed by atoms with E-state index in [0.717, 1.165) is 11.1 Å². The van der Waals surface area contributed by atoms with Crippen molar-refractivity contribution >= 4 is 62.4 Å². The maximum absolute atomic E-state index is 12.9. The van der Waals surface area contributed by atoms with Crippen LogP contribution in [0.3, 0.4) is 0 Å². The van der Waals surface area contributed by atoms with E-state index in [4.69, 9.17) is 0 Å². The molecule has 1 aliphatic rings. The third-order valence-electron chi connectivity index (χ3n) is 5.30. The van der Waals surface area contributed by atoms with Crippen molar-refractivity contribution in [3.8, 4) is 0 Å². The number of fused-ring (bicyclic) bond motifs is 2. The van der Waals surface area contributed by atoms with Crippen LogP contribution in [0.15, 0.2) is 56.2 Å². The number of rotatable bonds is 2. The normalized spacial score (nSPS) is 14.7. The number of carbonyl (C=O) groups is 2. The Morgan fingerprint density at radius 2 is 1.00 bits per heavy atom. The number of amides is 2. The van der Waals surface area contributed by atoms with Crippen molar-refractivity contribution in [3.05, 3.63) is 67.3 Å². The van der Waals surface area contributed by atoms with Crippen LogP contribution in [0.2, 0.25) is 0 Å². The summed E-state index contributed by atoms with van der Waals surface area (Å²) >= 11 is 0.814. The first-order chi connectivity index (χ1) is 13.7. The Hall–Kier alpha value is -2.10. The fraction of sp³-hybridized carbons (Fsp3) is 0.182. The average molecular weight is 500 g/mol. The van der Waals surface area contributed by atoms with Gasteiger partial charge in [-0.05, 0) is 0 Å². The van der Waals surface area contributed by atoms with Crippen molar-refractivity contribution < 1.29 is 9.59 Å². The van der Waals surface area contributed by atoms with Crippen molar-refractivity contribution in [2.75, 3.05) is 26.2 Å². The SMILES string of the molecule is O=C(c1ccc2c[se]cc2c1)N1CCN(C(=O)c2ccc3c[se]cc3c2)CC1. The molecule has 0 saturated carbocycles. The predicted octanol–water partition coefficient (Wildman–Crippen LogP) is 2.71. The predicted molar refractivity (Wildman–Crippen MR) is 114 cm³/mol. The second kappa shape index (κ2) is 7.38. The van der Waals surface area contributed by atoms with Gasteiger partial charge in [0.25, 0.3) is 0 Å². The molecule has 0 bridgehead atoms. The fourth-order valence-electron chi connectivity index (χ4n) is 3.67. The van der Waals surface area contributed by atoms with Crippen molar-refractivity contribution in [3.63, 3.8) is 0 Å². The van der Waals surface area contributed by atoms with Crippen LogP contribution in [0.4, 0.5) is 0 Å². The first kappa shape index (κ1) is 18.0. The summed E-state index contributed by atoms with van der Waals surface area (Å²) in [7, 11) is 0. The molecule has 2 aromatic carbocycles. The van der Waals surface area contributed by atoms with Gasteiger partial charge in [0.05, 0.1) is 0 Å². The molecule has 6 heteroatoms. The Kier molecular flexibility index (Phi) is 4.73. The summed E-state index contributed by atoms with van der Waals surface area (Å²) < 4.78 is 0. The molecule has 1 aliphatic heterocycles. The van der Waals surface area contributed by atoms with Crippen LogP contribution >= 0.6 is 0 Å². The quantitative estimate of drug-likeness (QED) is 0.398. The van der Waals surface area contributed by atoms with E-state index >= 15 is 0 Å². The maximum atomic E-state index is 12.9. The van der Waals surface area contributed by atoms with Crippen LogP contribution in [0.5, 0.6) is 0 Å². The summed E-state index contributed by atoms with van der Waals surface area (Å²) in [4.78, 5) is 38.4.